The molecule has 20 heavy (non-hydrogen) atoms. The molecule has 4 nitrogen and oxygen atoms in total. The Labute approximate surface area is 121 Å². The van der Waals surface area contributed by atoms with Gasteiger partial charge < -0.3 is 10.0 Å². The average Bonchev–Trinajstić information content (AvgIpc) is 2.82. The van der Waals surface area contributed by atoms with E-state index in [0.29, 0.717) is 18.8 Å². The summed E-state index contributed by atoms with van der Waals surface area (Å²) in [6.07, 6.45) is 8.23. The summed E-state index contributed by atoms with van der Waals surface area (Å²) in [5.74, 6) is 0.822. The monoisotopic (exact) mass is 281 g/mol. The topological polar surface area (TPSA) is 57.6 Å². The third-order valence-corrected chi connectivity index (χ3v) is 4.91. The third kappa shape index (κ3) is 4.22. The molecule has 2 aliphatic rings. The highest BCUT2D eigenvalue weighted by molar-refractivity contribution is 5.77. The van der Waals surface area contributed by atoms with E-state index >= 15 is 0 Å². The molecule has 1 amide bonds. The minimum Gasteiger partial charge on any atom is -0.481 e. The van der Waals surface area contributed by atoms with Crippen LogP contribution in [0.25, 0.3) is 0 Å². The van der Waals surface area contributed by atoms with E-state index in [-0.39, 0.29) is 18.4 Å². The van der Waals surface area contributed by atoms with E-state index in [0.717, 1.165) is 31.7 Å². The maximum atomic E-state index is 12.5. The van der Waals surface area contributed by atoms with E-state index in [4.69, 9.17) is 5.11 Å². The molecule has 1 aliphatic carbocycles. The van der Waals surface area contributed by atoms with Gasteiger partial charge in [0.05, 0.1) is 0 Å². The Kier molecular flexibility index (Phi) is 5.44. The summed E-state index contributed by atoms with van der Waals surface area (Å²) in [5.41, 5.74) is 0. The molecule has 0 aromatic rings. The van der Waals surface area contributed by atoms with Gasteiger partial charge in [0.25, 0.3) is 0 Å². The fraction of sp³-hybridized carbons (Fsp3) is 0.875. The normalized spacial score (nSPS) is 30.4. The Bertz CT molecular complexity index is 356. The van der Waals surface area contributed by atoms with Crippen LogP contribution in [-0.2, 0) is 9.59 Å². The SMILES string of the molecule is CC1CCC(CC(=O)N2CCCCC2CCC(=O)O)C1. The molecule has 1 N–H and O–H groups in total. The molecule has 2 fully saturated rings. The number of aliphatic carboxylic acids is 1. The molecule has 3 unspecified atom stereocenters. The van der Waals surface area contributed by atoms with E-state index in [1.54, 1.807) is 0 Å². The second-order valence-electron chi connectivity index (χ2n) is 6.66. The van der Waals surface area contributed by atoms with Crippen LogP contribution in [0.3, 0.4) is 0 Å². The Balaban J connectivity index is 1.86. The van der Waals surface area contributed by atoms with Crippen LogP contribution in [0.5, 0.6) is 0 Å². The maximum Gasteiger partial charge on any atom is 0.303 e. The standard InChI is InChI=1S/C16H27NO3/c1-12-5-6-13(10-12)11-15(18)17-9-3-2-4-14(17)7-8-16(19)20/h12-14H,2-11H2,1H3,(H,19,20). The van der Waals surface area contributed by atoms with Gasteiger partial charge in [-0.1, -0.05) is 13.3 Å². The molecular formula is C16H27NO3. The maximum absolute atomic E-state index is 12.5. The average molecular weight is 281 g/mol. The number of hydrogen-bond acceptors (Lipinski definition) is 2. The van der Waals surface area contributed by atoms with Crippen molar-refractivity contribution >= 4 is 11.9 Å². The first kappa shape index (κ1) is 15.3. The van der Waals surface area contributed by atoms with Crippen LogP contribution >= 0.6 is 0 Å². The number of rotatable bonds is 5. The Morgan fingerprint density at radius 1 is 1.20 bits per heavy atom. The number of carbonyl (C=O) groups is 2. The summed E-state index contributed by atoms with van der Waals surface area (Å²) in [5, 5.41) is 8.82. The van der Waals surface area contributed by atoms with Crippen molar-refractivity contribution < 1.29 is 14.7 Å². The van der Waals surface area contributed by atoms with E-state index in [9.17, 15) is 9.59 Å². The molecule has 3 atom stereocenters. The lowest BCUT2D eigenvalue weighted by atomic mass is 9.95. The van der Waals surface area contributed by atoms with Crippen LogP contribution in [0, 0.1) is 11.8 Å². The first-order chi connectivity index (χ1) is 9.56. The van der Waals surface area contributed by atoms with Crippen molar-refractivity contribution in [1.82, 2.24) is 4.90 Å². The number of amides is 1. The fourth-order valence-corrected chi connectivity index (χ4v) is 3.79. The van der Waals surface area contributed by atoms with E-state index in [1.165, 1.54) is 19.3 Å². The minimum absolute atomic E-state index is 0.158. The third-order valence-electron chi connectivity index (χ3n) is 4.91. The Hall–Kier alpha value is -1.06. The summed E-state index contributed by atoms with van der Waals surface area (Å²) in [7, 11) is 0. The van der Waals surface area contributed by atoms with Gasteiger partial charge in [0.1, 0.15) is 0 Å². The predicted molar refractivity (Wildman–Crippen MR) is 77.3 cm³/mol. The summed E-state index contributed by atoms with van der Waals surface area (Å²) < 4.78 is 0. The molecule has 1 saturated heterocycles. The first-order valence-corrected chi connectivity index (χ1v) is 8.07. The molecule has 2 rings (SSSR count). The quantitative estimate of drug-likeness (QED) is 0.842. The van der Waals surface area contributed by atoms with E-state index in [2.05, 4.69) is 6.92 Å². The summed E-state index contributed by atoms with van der Waals surface area (Å²) >= 11 is 0. The van der Waals surface area contributed by atoms with Crippen LogP contribution in [0.2, 0.25) is 0 Å². The van der Waals surface area contributed by atoms with Crippen molar-refractivity contribution in [2.45, 2.75) is 70.8 Å². The molecule has 4 heteroatoms. The molecule has 1 saturated carbocycles. The van der Waals surface area contributed by atoms with Crippen molar-refractivity contribution in [1.29, 1.82) is 0 Å². The fourth-order valence-electron chi connectivity index (χ4n) is 3.79. The van der Waals surface area contributed by atoms with Crippen LogP contribution in [0.15, 0.2) is 0 Å². The van der Waals surface area contributed by atoms with E-state index < -0.39 is 5.97 Å². The molecule has 1 aliphatic heterocycles. The van der Waals surface area contributed by atoms with E-state index in [1.807, 2.05) is 4.90 Å². The number of nitrogens with zero attached hydrogens (tertiary/aromatic N) is 1. The minimum atomic E-state index is -0.757. The van der Waals surface area contributed by atoms with Gasteiger partial charge in [0, 0.05) is 25.4 Å². The molecule has 0 aromatic heterocycles. The zero-order valence-electron chi connectivity index (χ0n) is 12.5. The highest BCUT2D eigenvalue weighted by atomic mass is 16.4. The van der Waals surface area contributed by atoms with Crippen LogP contribution < -0.4 is 0 Å². The van der Waals surface area contributed by atoms with Gasteiger partial charge in [0.15, 0.2) is 0 Å². The number of hydrogen-bond donors (Lipinski definition) is 1. The van der Waals surface area contributed by atoms with Crippen LogP contribution in [0.1, 0.15) is 64.7 Å². The van der Waals surface area contributed by atoms with Crippen LogP contribution in [0.4, 0.5) is 0 Å². The number of carbonyl (C=O) groups excluding carboxylic acids is 1. The smallest absolute Gasteiger partial charge is 0.303 e. The van der Waals surface area contributed by atoms with Gasteiger partial charge in [-0.2, -0.15) is 0 Å². The van der Waals surface area contributed by atoms with Crippen molar-refractivity contribution in [2.24, 2.45) is 11.8 Å². The first-order valence-electron chi connectivity index (χ1n) is 8.07. The van der Waals surface area contributed by atoms with Crippen molar-refractivity contribution in [3.05, 3.63) is 0 Å². The molecule has 0 bridgehead atoms. The van der Waals surface area contributed by atoms with Gasteiger partial charge in [-0.3, -0.25) is 9.59 Å². The molecule has 1 heterocycles. The highest BCUT2D eigenvalue weighted by Gasteiger charge is 2.30. The molecule has 0 aromatic carbocycles. The van der Waals surface area contributed by atoms with Gasteiger partial charge in [0.2, 0.25) is 5.91 Å². The number of carboxylic acids is 1. The second-order valence-corrected chi connectivity index (χ2v) is 6.66. The molecule has 0 spiro atoms. The van der Waals surface area contributed by atoms with Crippen molar-refractivity contribution in [3.63, 3.8) is 0 Å². The Morgan fingerprint density at radius 3 is 2.65 bits per heavy atom. The molecular weight excluding hydrogens is 254 g/mol. The van der Waals surface area contributed by atoms with Crippen LogP contribution in [-0.4, -0.2) is 34.5 Å². The lowest BCUT2D eigenvalue weighted by Gasteiger charge is -2.36. The van der Waals surface area contributed by atoms with Crippen molar-refractivity contribution in [3.8, 4) is 0 Å². The number of likely N-dealkylation sites (tertiary alicyclic amines) is 1. The predicted octanol–water partition coefficient (Wildman–Crippen LogP) is 3.06. The zero-order chi connectivity index (χ0) is 14.5. The zero-order valence-corrected chi connectivity index (χ0v) is 12.5. The lowest BCUT2D eigenvalue weighted by Crippen LogP contribution is -2.44. The number of piperidine rings is 1. The highest BCUT2D eigenvalue weighted by Crippen LogP contribution is 2.33. The molecule has 0 radical (unpaired) electrons. The lowest BCUT2D eigenvalue weighted by molar-refractivity contribution is -0.140. The number of carboxylic acid groups (broad SMARTS) is 1. The second kappa shape index (κ2) is 7.09. The largest absolute Gasteiger partial charge is 0.481 e. The van der Waals surface area contributed by atoms with Gasteiger partial charge in [-0.25, -0.2) is 0 Å². The summed E-state index contributed by atoms with van der Waals surface area (Å²) in [6.45, 7) is 3.09. The molecule has 114 valence electrons. The van der Waals surface area contributed by atoms with Gasteiger partial charge >= 0.3 is 5.97 Å². The van der Waals surface area contributed by atoms with Gasteiger partial charge in [-0.15, -0.1) is 0 Å². The Morgan fingerprint density at radius 2 is 2.00 bits per heavy atom. The van der Waals surface area contributed by atoms with Crippen molar-refractivity contribution in [2.75, 3.05) is 6.54 Å². The summed E-state index contributed by atoms with van der Waals surface area (Å²) in [4.78, 5) is 25.2. The van der Waals surface area contributed by atoms with Gasteiger partial charge in [-0.05, 0) is 50.4 Å². The summed E-state index contributed by atoms with van der Waals surface area (Å²) in [6, 6.07) is 0.158.